The lowest BCUT2D eigenvalue weighted by molar-refractivity contribution is -0.147. The number of ether oxygens (including phenoxy) is 1. The Kier molecular flexibility index (Phi) is 3.35. The maximum Gasteiger partial charge on any atom is 0.408 e. The van der Waals surface area contributed by atoms with Gasteiger partial charge in [0.25, 0.3) is 0 Å². The van der Waals surface area contributed by atoms with Crippen molar-refractivity contribution in [3.8, 4) is 0 Å². The third-order valence-corrected chi connectivity index (χ3v) is 4.86. The Bertz CT molecular complexity index is 553. The molecule has 0 saturated heterocycles. The normalized spacial score (nSPS) is 25.5. The van der Waals surface area contributed by atoms with Gasteiger partial charge in [0.05, 0.1) is 0 Å². The number of carboxylic acid groups (broad SMARTS) is 1. The number of carboxylic acids is 1. The number of benzene rings is 1. The van der Waals surface area contributed by atoms with Gasteiger partial charge in [-0.05, 0) is 37.7 Å². The van der Waals surface area contributed by atoms with Gasteiger partial charge in [-0.15, -0.1) is 0 Å². The van der Waals surface area contributed by atoms with Crippen LogP contribution in [0.2, 0.25) is 0 Å². The van der Waals surface area contributed by atoms with Gasteiger partial charge in [0.1, 0.15) is 12.1 Å². The number of hydrogen-bond acceptors (Lipinski definition) is 3. The van der Waals surface area contributed by atoms with E-state index in [9.17, 15) is 14.7 Å². The molecule has 0 heterocycles. The summed E-state index contributed by atoms with van der Waals surface area (Å²) in [6.45, 7) is 0.148. The first-order valence-electron chi connectivity index (χ1n) is 7.30. The van der Waals surface area contributed by atoms with Crippen molar-refractivity contribution in [2.24, 2.45) is 5.41 Å². The number of amides is 1. The molecule has 5 nitrogen and oxygen atoms in total. The van der Waals surface area contributed by atoms with E-state index in [0.717, 1.165) is 31.2 Å². The van der Waals surface area contributed by atoms with Crippen molar-refractivity contribution in [2.45, 2.75) is 44.2 Å². The number of aliphatic carboxylic acids is 1. The number of hydrogen-bond donors (Lipinski definition) is 2. The predicted octanol–water partition coefficient (Wildman–Crippen LogP) is 2.70. The summed E-state index contributed by atoms with van der Waals surface area (Å²) in [5.74, 6) is -0.936. The SMILES string of the molecule is O=C(NC1(C(=O)O)CCCC12CC2)OCc1ccccc1. The van der Waals surface area contributed by atoms with Gasteiger partial charge in [0.2, 0.25) is 0 Å². The number of nitrogens with one attached hydrogen (secondary N) is 1. The standard InChI is InChI=1S/C16H19NO4/c18-13(19)16(8-4-7-15(16)9-10-15)17-14(20)21-11-12-5-2-1-3-6-12/h1-3,5-6H,4,7-11H2,(H,17,20)(H,18,19). The smallest absolute Gasteiger partial charge is 0.408 e. The molecule has 3 rings (SSSR count). The van der Waals surface area contributed by atoms with Gasteiger partial charge in [0.15, 0.2) is 0 Å². The third-order valence-electron chi connectivity index (χ3n) is 4.86. The van der Waals surface area contributed by atoms with Crippen molar-refractivity contribution in [2.75, 3.05) is 0 Å². The zero-order chi connectivity index (χ0) is 14.9. The lowest BCUT2D eigenvalue weighted by Gasteiger charge is -2.32. The van der Waals surface area contributed by atoms with Crippen LogP contribution in [-0.2, 0) is 16.1 Å². The van der Waals surface area contributed by atoms with Crippen LogP contribution in [0.15, 0.2) is 30.3 Å². The molecule has 0 bridgehead atoms. The molecule has 1 unspecified atom stereocenters. The Morgan fingerprint density at radius 3 is 2.48 bits per heavy atom. The second-order valence-electron chi connectivity index (χ2n) is 6.03. The van der Waals surface area contributed by atoms with Crippen molar-refractivity contribution in [3.63, 3.8) is 0 Å². The van der Waals surface area contributed by atoms with E-state index >= 15 is 0 Å². The highest BCUT2D eigenvalue weighted by Gasteiger charge is 2.66. The molecule has 1 aromatic carbocycles. The van der Waals surface area contributed by atoms with Crippen LogP contribution >= 0.6 is 0 Å². The van der Waals surface area contributed by atoms with E-state index in [-0.39, 0.29) is 12.0 Å². The molecule has 5 heteroatoms. The highest BCUT2D eigenvalue weighted by Crippen LogP contribution is 2.63. The molecule has 1 spiro atoms. The van der Waals surface area contributed by atoms with E-state index in [0.29, 0.717) is 6.42 Å². The maximum atomic E-state index is 12.0. The van der Waals surface area contributed by atoms with Crippen molar-refractivity contribution < 1.29 is 19.4 Å². The van der Waals surface area contributed by atoms with Gasteiger partial charge < -0.3 is 15.2 Å². The average Bonchev–Trinajstić information content (AvgIpc) is 3.17. The summed E-state index contributed by atoms with van der Waals surface area (Å²) in [6, 6.07) is 9.34. The molecule has 2 saturated carbocycles. The van der Waals surface area contributed by atoms with Crippen LogP contribution in [0.5, 0.6) is 0 Å². The fraction of sp³-hybridized carbons (Fsp3) is 0.500. The maximum absolute atomic E-state index is 12.0. The van der Waals surface area contributed by atoms with Crippen LogP contribution in [-0.4, -0.2) is 22.7 Å². The monoisotopic (exact) mass is 289 g/mol. The minimum atomic E-state index is -1.14. The lowest BCUT2D eigenvalue weighted by atomic mass is 9.84. The quantitative estimate of drug-likeness (QED) is 0.893. The van der Waals surface area contributed by atoms with Crippen LogP contribution in [0.1, 0.15) is 37.7 Å². The Labute approximate surface area is 123 Å². The van der Waals surface area contributed by atoms with E-state index in [1.54, 1.807) is 0 Å². The first-order valence-corrected chi connectivity index (χ1v) is 7.30. The molecule has 2 fully saturated rings. The molecule has 1 atom stereocenters. The van der Waals surface area contributed by atoms with Crippen molar-refractivity contribution >= 4 is 12.1 Å². The van der Waals surface area contributed by atoms with Gasteiger partial charge in [-0.1, -0.05) is 30.3 Å². The lowest BCUT2D eigenvalue weighted by Crippen LogP contribution is -2.58. The molecule has 2 aliphatic carbocycles. The summed E-state index contributed by atoms with van der Waals surface area (Å²) >= 11 is 0. The van der Waals surface area contributed by atoms with Gasteiger partial charge in [-0.25, -0.2) is 9.59 Å². The fourth-order valence-corrected chi connectivity index (χ4v) is 3.51. The highest BCUT2D eigenvalue weighted by molar-refractivity contribution is 5.86. The summed E-state index contributed by atoms with van der Waals surface area (Å²) in [4.78, 5) is 23.7. The molecule has 112 valence electrons. The predicted molar refractivity (Wildman–Crippen MR) is 75.6 cm³/mol. The first-order chi connectivity index (χ1) is 10.1. The molecule has 2 N–H and O–H groups in total. The molecule has 0 radical (unpaired) electrons. The van der Waals surface area contributed by atoms with Crippen LogP contribution in [0, 0.1) is 5.41 Å². The van der Waals surface area contributed by atoms with Crippen molar-refractivity contribution in [1.29, 1.82) is 0 Å². The zero-order valence-corrected chi connectivity index (χ0v) is 11.8. The Hall–Kier alpha value is -2.04. The first kappa shape index (κ1) is 13.9. The minimum absolute atomic E-state index is 0.148. The van der Waals surface area contributed by atoms with Gasteiger partial charge in [0, 0.05) is 5.41 Å². The Morgan fingerprint density at radius 1 is 1.14 bits per heavy atom. The van der Waals surface area contributed by atoms with E-state index in [2.05, 4.69) is 5.32 Å². The van der Waals surface area contributed by atoms with Crippen LogP contribution in [0.3, 0.4) is 0 Å². The highest BCUT2D eigenvalue weighted by atomic mass is 16.5. The van der Waals surface area contributed by atoms with Crippen LogP contribution in [0.25, 0.3) is 0 Å². The summed E-state index contributed by atoms with van der Waals surface area (Å²) < 4.78 is 5.17. The third kappa shape index (κ3) is 2.37. The molecule has 21 heavy (non-hydrogen) atoms. The number of carbonyl (C=O) groups is 2. The van der Waals surface area contributed by atoms with Gasteiger partial charge in [-0.3, -0.25) is 0 Å². The van der Waals surface area contributed by atoms with Gasteiger partial charge in [-0.2, -0.15) is 0 Å². The topological polar surface area (TPSA) is 75.6 Å². The molecule has 1 aromatic rings. The molecular formula is C16H19NO4. The summed E-state index contributed by atoms with van der Waals surface area (Å²) in [5.41, 5.74) is -0.504. The minimum Gasteiger partial charge on any atom is -0.479 e. The number of alkyl carbamates (subject to hydrolysis) is 1. The number of rotatable bonds is 4. The Morgan fingerprint density at radius 2 is 1.86 bits per heavy atom. The summed E-state index contributed by atoms with van der Waals surface area (Å²) in [7, 11) is 0. The van der Waals surface area contributed by atoms with Crippen LogP contribution < -0.4 is 5.32 Å². The summed E-state index contributed by atoms with van der Waals surface area (Å²) in [6.07, 6.45) is 3.30. The molecule has 0 aliphatic heterocycles. The molecule has 2 aliphatic rings. The second-order valence-corrected chi connectivity index (χ2v) is 6.03. The van der Waals surface area contributed by atoms with E-state index < -0.39 is 17.6 Å². The fourth-order valence-electron chi connectivity index (χ4n) is 3.51. The van der Waals surface area contributed by atoms with E-state index in [4.69, 9.17) is 4.74 Å². The van der Waals surface area contributed by atoms with Crippen molar-refractivity contribution in [3.05, 3.63) is 35.9 Å². The second kappa shape index (κ2) is 5.06. The average molecular weight is 289 g/mol. The largest absolute Gasteiger partial charge is 0.479 e. The van der Waals surface area contributed by atoms with E-state index in [1.165, 1.54) is 0 Å². The molecule has 1 amide bonds. The van der Waals surface area contributed by atoms with E-state index in [1.807, 2.05) is 30.3 Å². The van der Waals surface area contributed by atoms with Gasteiger partial charge >= 0.3 is 12.1 Å². The molecule has 0 aromatic heterocycles. The zero-order valence-electron chi connectivity index (χ0n) is 11.8. The Balaban J connectivity index is 1.64. The summed E-state index contributed by atoms with van der Waals surface area (Å²) in [5, 5.41) is 12.3. The van der Waals surface area contributed by atoms with Crippen LogP contribution in [0.4, 0.5) is 4.79 Å². The van der Waals surface area contributed by atoms with Crippen molar-refractivity contribution in [1.82, 2.24) is 5.32 Å². The number of carbonyl (C=O) groups excluding carboxylic acids is 1. The molecular weight excluding hydrogens is 270 g/mol.